The Balaban J connectivity index is 1.99. The van der Waals surface area contributed by atoms with E-state index in [-0.39, 0.29) is 35.7 Å². The zero-order chi connectivity index (χ0) is 23.0. The summed E-state index contributed by atoms with van der Waals surface area (Å²) in [5.74, 6) is 0.0301. The molecule has 1 aliphatic heterocycles. The van der Waals surface area contributed by atoms with Gasteiger partial charge in [-0.3, -0.25) is 14.8 Å². The lowest BCUT2D eigenvalue weighted by atomic mass is 9.38. The van der Waals surface area contributed by atoms with E-state index < -0.39 is 18.1 Å². The van der Waals surface area contributed by atoms with E-state index in [9.17, 15) is 9.18 Å². The average molecular weight is 437 g/mol. The van der Waals surface area contributed by atoms with Gasteiger partial charge in [0.1, 0.15) is 38.5 Å². The fourth-order valence-corrected chi connectivity index (χ4v) is 3.92. The third-order valence-corrected chi connectivity index (χ3v) is 5.70. The summed E-state index contributed by atoms with van der Waals surface area (Å²) in [7, 11) is 9.62. The Kier molecular flexibility index (Phi) is 6.57. The highest BCUT2D eigenvalue weighted by atomic mass is 35.5. The second-order valence-electron chi connectivity index (χ2n) is 8.73. The van der Waals surface area contributed by atoms with Crippen molar-refractivity contribution in [3.05, 3.63) is 40.2 Å². The van der Waals surface area contributed by atoms with E-state index >= 15 is 0 Å². The number of alkyl halides is 1. The van der Waals surface area contributed by atoms with E-state index in [2.05, 4.69) is 20.3 Å². The maximum atomic E-state index is 14.0. The Bertz CT molecular complexity index is 1070. The van der Waals surface area contributed by atoms with Crippen LogP contribution in [0.5, 0.6) is 0 Å². The van der Waals surface area contributed by atoms with Gasteiger partial charge in [-0.15, -0.1) is 0 Å². The number of halogens is 2. The molecule has 14 heteroatoms. The minimum Gasteiger partial charge on any atom is -0.385 e. The largest absolute Gasteiger partial charge is 0.385 e. The van der Waals surface area contributed by atoms with E-state index in [4.69, 9.17) is 22.1 Å². The lowest BCUT2D eigenvalue weighted by Crippen LogP contribution is -2.42. The molecule has 3 heterocycles. The lowest BCUT2D eigenvalue weighted by Gasteiger charge is -2.30. The van der Waals surface area contributed by atoms with Crippen molar-refractivity contribution in [1.29, 1.82) is 0 Å². The lowest BCUT2D eigenvalue weighted by molar-refractivity contribution is 0.0807. The first-order valence-electron chi connectivity index (χ1n) is 9.92. The molecule has 1 aliphatic rings. The number of aromatic nitrogens is 2. The number of hydrogen-bond acceptors (Lipinski definition) is 6. The predicted molar refractivity (Wildman–Crippen MR) is 135 cm³/mol. The number of amidine groups is 1. The normalized spacial score (nSPS) is 19.0. The van der Waals surface area contributed by atoms with Crippen molar-refractivity contribution < 1.29 is 13.9 Å². The number of carbonyl (C=O) groups is 1. The summed E-state index contributed by atoms with van der Waals surface area (Å²) in [6.07, 6.45) is 0. The van der Waals surface area contributed by atoms with Gasteiger partial charge in [0.05, 0.1) is 35.8 Å². The Labute approximate surface area is 190 Å². The predicted octanol–water partition coefficient (Wildman–Crippen LogP) is -4.54. The number of hydrogen-bond donors (Lipinski definition) is 2. The number of nitrogens with two attached hydrogens (primary N) is 1. The molecule has 0 radical (unpaired) electrons. The standard InChI is InChI=1S/C17H22B5ClFN5O2/c18-11-10(17(20,21)22)13(28-14(19)12(11)23)15(30)27-9-3-1-2-7(26-9)16(5-24)6-31-4-8(25)29-16/h1-3H,4-6,18-22H2,(H2,25,29)(H,26,27,30). The number of pyridine rings is 2. The highest BCUT2D eigenvalue weighted by Crippen LogP contribution is 2.29. The second kappa shape index (κ2) is 8.71. The van der Waals surface area contributed by atoms with Gasteiger partial charge in [-0.25, -0.2) is 9.37 Å². The van der Waals surface area contributed by atoms with Gasteiger partial charge in [0.2, 0.25) is 0 Å². The summed E-state index contributed by atoms with van der Waals surface area (Å²) in [6.45, 7) is -0.669. The van der Waals surface area contributed by atoms with Crippen LogP contribution in [0.1, 0.15) is 21.7 Å². The highest BCUT2D eigenvalue weighted by molar-refractivity contribution is 6.62. The van der Waals surface area contributed by atoms with Crippen molar-refractivity contribution in [2.24, 2.45) is 10.7 Å². The quantitative estimate of drug-likeness (QED) is 0.460. The van der Waals surface area contributed by atoms with Crippen LogP contribution in [-0.4, -0.2) is 80.8 Å². The van der Waals surface area contributed by atoms with Crippen LogP contribution in [0.2, 0.25) is 5.02 Å². The molecule has 0 saturated carbocycles. The topological polar surface area (TPSA) is 102 Å². The number of rotatable bonds is 5. The summed E-state index contributed by atoms with van der Waals surface area (Å²) in [5, 5.41) is 2.96. The number of amides is 1. The van der Waals surface area contributed by atoms with E-state index in [0.29, 0.717) is 16.3 Å². The molecule has 0 aliphatic carbocycles. The van der Waals surface area contributed by atoms with Crippen LogP contribution >= 0.6 is 11.6 Å². The number of aliphatic imine (C=N–C) groups is 1. The number of carbonyl (C=O) groups excluding carboxylic acids is 1. The fourth-order valence-electron chi connectivity index (χ4n) is 3.78. The Hall–Kier alpha value is -2.26. The molecular formula is C17H22B5ClFN5O2. The van der Waals surface area contributed by atoms with Crippen LogP contribution in [-0.2, 0) is 15.4 Å². The number of nitrogens with zero attached hydrogens (tertiary/aromatic N) is 3. The second-order valence-corrected chi connectivity index (χ2v) is 9.11. The molecule has 1 atom stereocenters. The smallest absolute Gasteiger partial charge is 0.275 e. The van der Waals surface area contributed by atoms with Crippen molar-refractivity contribution in [2.75, 3.05) is 25.2 Å². The first kappa shape index (κ1) is 23.4. The number of nitrogens with one attached hydrogen (secondary N) is 1. The molecule has 7 nitrogen and oxygen atoms in total. The average Bonchev–Trinajstić information content (AvgIpc) is 2.70. The van der Waals surface area contributed by atoms with Gasteiger partial charge in [0, 0.05) is 10.6 Å². The van der Waals surface area contributed by atoms with Gasteiger partial charge in [-0.2, -0.15) is 0 Å². The van der Waals surface area contributed by atoms with E-state index in [1.54, 1.807) is 26.0 Å². The minimum absolute atomic E-state index is 0.0138. The van der Waals surface area contributed by atoms with Gasteiger partial charge < -0.3 is 15.8 Å². The zero-order valence-corrected chi connectivity index (χ0v) is 19.1. The summed E-state index contributed by atoms with van der Waals surface area (Å²) in [6, 6.07) is 4.93. The zero-order valence-electron chi connectivity index (χ0n) is 18.3. The molecule has 1 unspecified atom stereocenters. The van der Waals surface area contributed by atoms with Crippen molar-refractivity contribution in [1.82, 2.24) is 9.97 Å². The Morgan fingerprint density at radius 1 is 1.32 bits per heavy atom. The van der Waals surface area contributed by atoms with Crippen LogP contribution in [0.3, 0.4) is 0 Å². The molecule has 1 amide bonds. The molecule has 2 aromatic heterocycles. The van der Waals surface area contributed by atoms with E-state index in [1.807, 2.05) is 31.4 Å². The molecule has 0 bridgehead atoms. The van der Waals surface area contributed by atoms with E-state index in [0.717, 1.165) is 11.0 Å². The number of anilines is 1. The SMILES string of the molecule is Bc1nc(C(=O)Nc2cccc(C3(CF)COCC(N)=N3)n2)c(C(B)(B)B)c(B)c1Cl. The summed E-state index contributed by atoms with van der Waals surface area (Å²) < 4.78 is 19.3. The van der Waals surface area contributed by atoms with Crippen LogP contribution in [0.25, 0.3) is 0 Å². The summed E-state index contributed by atoms with van der Waals surface area (Å²) in [4.78, 5) is 26.3. The third kappa shape index (κ3) is 4.67. The van der Waals surface area contributed by atoms with Gasteiger partial charge in [-0.1, -0.05) is 28.2 Å². The van der Waals surface area contributed by atoms with Crippen molar-refractivity contribution in [3.8, 4) is 0 Å². The van der Waals surface area contributed by atoms with Gasteiger partial charge in [-0.05, 0) is 17.7 Å². The van der Waals surface area contributed by atoms with Crippen LogP contribution in [0.15, 0.2) is 23.2 Å². The highest BCUT2D eigenvalue weighted by Gasteiger charge is 2.37. The molecule has 31 heavy (non-hydrogen) atoms. The molecular weight excluding hydrogens is 415 g/mol. The molecule has 0 saturated heterocycles. The first-order chi connectivity index (χ1) is 14.5. The molecule has 0 spiro atoms. The molecule has 3 N–H and O–H groups in total. The molecule has 0 aromatic carbocycles. The van der Waals surface area contributed by atoms with Crippen molar-refractivity contribution in [3.63, 3.8) is 0 Å². The molecule has 3 rings (SSSR count). The van der Waals surface area contributed by atoms with E-state index in [1.165, 1.54) is 0 Å². The molecule has 156 valence electrons. The third-order valence-electron chi connectivity index (χ3n) is 5.14. The van der Waals surface area contributed by atoms with Crippen molar-refractivity contribution >= 4 is 79.4 Å². The molecule has 2 aromatic rings. The Morgan fingerprint density at radius 2 is 2.03 bits per heavy atom. The van der Waals surface area contributed by atoms with Gasteiger partial charge in [0.25, 0.3) is 5.91 Å². The van der Waals surface area contributed by atoms with Crippen LogP contribution in [0, 0.1) is 0 Å². The number of ether oxygens (including phenoxy) is 1. The minimum atomic E-state index is -1.33. The first-order valence-corrected chi connectivity index (χ1v) is 10.3. The maximum Gasteiger partial charge on any atom is 0.275 e. The fraction of sp³-hybridized carbons (Fsp3) is 0.294. The molecule has 0 fully saturated rings. The van der Waals surface area contributed by atoms with Crippen LogP contribution in [0.4, 0.5) is 10.2 Å². The monoisotopic (exact) mass is 437 g/mol. The van der Waals surface area contributed by atoms with Gasteiger partial charge in [0.15, 0.2) is 13.4 Å². The summed E-state index contributed by atoms with van der Waals surface area (Å²) in [5.41, 5.74) is 7.17. The maximum absolute atomic E-state index is 14.0. The summed E-state index contributed by atoms with van der Waals surface area (Å²) >= 11 is 6.40. The van der Waals surface area contributed by atoms with Gasteiger partial charge >= 0.3 is 0 Å². The van der Waals surface area contributed by atoms with Crippen molar-refractivity contribution in [2.45, 2.75) is 10.7 Å². The van der Waals surface area contributed by atoms with Crippen LogP contribution < -0.4 is 22.1 Å². The Morgan fingerprint density at radius 3 is 2.65 bits per heavy atom.